The molecule has 2 aliphatic heterocycles. The highest BCUT2D eigenvalue weighted by molar-refractivity contribution is 6.58. The summed E-state index contributed by atoms with van der Waals surface area (Å²) in [6.07, 6.45) is 1.68. The predicted molar refractivity (Wildman–Crippen MR) is 160 cm³/mol. The van der Waals surface area contributed by atoms with Crippen molar-refractivity contribution >= 4 is 64.0 Å². The number of halogens is 3. The van der Waals surface area contributed by atoms with Crippen LogP contribution < -0.4 is 9.80 Å². The van der Waals surface area contributed by atoms with Gasteiger partial charge in [0.2, 0.25) is 11.8 Å². The third kappa shape index (κ3) is 3.98. The molecule has 45 heavy (non-hydrogen) atoms. The standard InChI is InChI=1S/C33H25Cl2FN2O7/c1-16(40)17-2-6-19(7-3-17)37-28(41)23-12-11-22-24(26(23)29(37)42)14-32(34)30(43)38(20-8-4-18(36)5-9-20)31(44)33(32,35)27(22)25-13-10-21(15-39)45-25/h2-11,13,23-24,26-27,39H,12,14-15H2,1H3. The molecule has 3 aromatic rings. The molecule has 3 fully saturated rings. The van der Waals surface area contributed by atoms with Crippen molar-refractivity contribution < 1.29 is 37.9 Å². The molecule has 1 saturated carbocycles. The lowest BCUT2D eigenvalue weighted by Crippen LogP contribution is -2.60. The average molecular weight is 651 g/mol. The molecule has 230 valence electrons. The van der Waals surface area contributed by atoms with Crippen molar-refractivity contribution in [2.45, 2.75) is 42.0 Å². The molecule has 2 aliphatic carbocycles. The quantitative estimate of drug-likeness (QED) is 0.181. The van der Waals surface area contributed by atoms with E-state index in [0.717, 1.165) is 21.9 Å². The van der Waals surface area contributed by atoms with Crippen molar-refractivity contribution in [2.75, 3.05) is 9.80 Å². The first-order valence-corrected chi connectivity index (χ1v) is 15.1. The molecule has 0 radical (unpaired) electrons. The van der Waals surface area contributed by atoms with Gasteiger partial charge in [0.25, 0.3) is 11.8 Å². The van der Waals surface area contributed by atoms with Crippen LogP contribution in [0.5, 0.6) is 0 Å². The van der Waals surface area contributed by atoms with Crippen LogP contribution in [0.1, 0.15) is 47.6 Å². The van der Waals surface area contributed by atoms with E-state index in [-0.39, 0.29) is 35.8 Å². The van der Waals surface area contributed by atoms with E-state index in [9.17, 15) is 33.5 Å². The van der Waals surface area contributed by atoms with Gasteiger partial charge < -0.3 is 9.52 Å². The summed E-state index contributed by atoms with van der Waals surface area (Å²) in [5.41, 5.74) is 1.32. The van der Waals surface area contributed by atoms with Crippen LogP contribution in [0.4, 0.5) is 15.8 Å². The van der Waals surface area contributed by atoms with Crippen LogP contribution in [0.25, 0.3) is 0 Å². The number of carbonyl (C=O) groups is 5. The van der Waals surface area contributed by atoms with E-state index in [0.29, 0.717) is 16.8 Å². The van der Waals surface area contributed by atoms with Crippen LogP contribution in [0.15, 0.2) is 76.7 Å². The number of anilines is 2. The number of fused-ring (bicyclic) bond motifs is 4. The molecule has 2 aromatic carbocycles. The number of rotatable bonds is 5. The number of Topliss-reactive ketones (excluding diaryl/α,β-unsaturated/α-hetero) is 1. The molecule has 9 nitrogen and oxygen atoms in total. The number of hydrogen-bond donors (Lipinski definition) is 1. The summed E-state index contributed by atoms with van der Waals surface area (Å²) in [5.74, 6) is -6.66. The Labute approximate surface area is 266 Å². The Morgan fingerprint density at radius 1 is 0.911 bits per heavy atom. The van der Waals surface area contributed by atoms with E-state index in [1.165, 1.54) is 43.3 Å². The van der Waals surface area contributed by atoms with Crippen LogP contribution in [0.3, 0.4) is 0 Å². The molecule has 1 aromatic heterocycles. The number of ketones is 1. The first kappa shape index (κ1) is 29.6. The molecule has 2 saturated heterocycles. The fourth-order valence-corrected chi connectivity index (χ4v) is 8.36. The maximum atomic E-state index is 14.3. The van der Waals surface area contributed by atoms with Gasteiger partial charge >= 0.3 is 0 Å². The molecule has 3 heterocycles. The van der Waals surface area contributed by atoms with Crippen molar-refractivity contribution in [1.82, 2.24) is 0 Å². The van der Waals surface area contributed by atoms with Gasteiger partial charge in [0.05, 0.1) is 29.1 Å². The second-order valence-corrected chi connectivity index (χ2v) is 13.1. The van der Waals surface area contributed by atoms with Crippen molar-refractivity contribution in [1.29, 1.82) is 0 Å². The first-order valence-electron chi connectivity index (χ1n) is 14.3. The maximum absolute atomic E-state index is 14.3. The smallest absolute Gasteiger partial charge is 0.258 e. The number of nitrogens with zero attached hydrogens (tertiary/aromatic N) is 2. The van der Waals surface area contributed by atoms with E-state index in [4.69, 9.17) is 27.6 Å². The van der Waals surface area contributed by atoms with Crippen LogP contribution in [-0.2, 0) is 25.8 Å². The van der Waals surface area contributed by atoms with Crippen LogP contribution >= 0.6 is 23.2 Å². The Morgan fingerprint density at radius 2 is 1.56 bits per heavy atom. The van der Waals surface area contributed by atoms with Gasteiger partial charge in [0.1, 0.15) is 23.9 Å². The number of hydrogen-bond acceptors (Lipinski definition) is 7. The zero-order chi connectivity index (χ0) is 32.0. The highest BCUT2D eigenvalue weighted by Gasteiger charge is 2.77. The Morgan fingerprint density at radius 3 is 2.18 bits per heavy atom. The summed E-state index contributed by atoms with van der Waals surface area (Å²) >= 11 is 14.5. The second-order valence-electron chi connectivity index (χ2n) is 11.8. The molecule has 0 bridgehead atoms. The van der Waals surface area contributed by atoms with Gasteiger partial charge in [-0.25, -0.2) is 9.29 Å². The summed E-state index contributed by atoms with van der Waals surface area (Å²) in [6.45, 7) is 0.969. The van der Waals surface area contributed by atoms with E-state index in [2.05, 4.69) is 0 Å². The zero-order valence-corrected chi connectivity index (χ0v) is 25.2. The maximum Gasteiger partial charge on any atom is 0.258 e. The highest BCUT2D eigenvalue weighted by atomic mass is 35.5. The molecule has 7 rings (SSSR count). The third-order valence-electron chi connectivity index (χ3n) is 9.55. The number of aliphatic hydroxyl groups is 1. The number of carbonyl (C=O) groups excluding carboxylic acids is 5. The van der Waals surface area contributed by atoms with Gasteiger partial charge in [0.15, 0.2) is 15.5 Å². The Bertz CT molecular complexity index is 1840. The molecule has 1 N–H and O–H groups in total. The van der Waals surface area contributed by atoms with Gasteiger partial charge in [-0.15, -0.1) is 23.2 Å². The van der Waals surface area contributed by atoms with E-state index >= 15 is 0 Å². The Balaban J connectivity index is 1.35. The number of aliphatic hydroxyl groups excluding tert-OH is 1. The minimum atomic E-state index is -2.13. The SMILES string of the molecule is CC(=O)c1ccc(N2C(=O)C3CC=C4C(CC5(Cl)C(=O)N(c6ccc(F)cc6)C(=O)C5(Cl)C4c4ccc(CO)o4)C3C2=O)cc1. The summed E-state index contributed by atoms with van der Waals surface area (Å²) < 4.78 is 19.7. The largest absolute Gasteiger partial charge is 0.463 e. The molecule has 4 amide bonds. The number of imide groups is 2. The number of benzene rings is 2. The summed E-state index contributed by atoms with van der Waals surface area (Å²) in [4.78, 5) is 65.8. The number of furan rings is 1. The van der Waals surface area contributed by atoms with E-state index in [1.54, 1.807) is 18.2 Å². The van der Waals surface area contributed by atoms with Gasteiger partial charge in [-0.1, -0.05) is 11.6 Å². The number of amides is 4. The lowest BCUT2D eigenvalue weighted by Gasteiger charge is -2.49. The fourth-order valence-electron chi connectivity index (χ4n) is 7.45. The normalized spacial score (nSPS) is 30.7. The molecule has 6 atom stereocenters. The predicted octanol–water partition coefficient (Wildman–Crippen LogP) is 4.88. The molecular formula is C33H25Cl2FN2O7. The topological polar surface area (TPSA) is 125 Å². The summed E-state index contributed by atoms with van der Waals surface area (Å²) in [5, 5.41) is 9.73. The molecule has 4 aliphatic rings. The average Bonchev–Trinajstić information content (AvgIpc) is 3.64. The Kier molecular flexibility index (Phi) is 6.71. The summed E-state index contributed by atoms with van der Waals surface area (Å²) in [6, 6.07) is 13.9. The minimum absolute atomic E-state index is 0.0669. The van der Waals surface area contributed by atoms with Crippen molar-refractivity contribution in [3.63, 3.8) is 0 Å². The van der Waals surface area contributed by atoms with E-state index in [1.807, 2.05) is 0 Å². The van der Waals surface area contributed by atoms with Gasteiger partial charge in [-0.3, -0.25) is 28.9 Å². The van der Waals surface area contributed by atoms with Crippen LogP contribution in [0, 0.1) is 23.6 Å². The van der Waals surface area contributed by atoms with Gasteiger partial charge in [0, 0.05) is 5.56 Å². The second kappa shape index (κ2) is 10.2. The first-order chi connectivity index (χ1) is 21.4. The van der Waals surface area contributed by atoms with Crippen molar-refractivity contribution in [3.8, 4) is 0 Å². The number of alkyl halides is 2. The van der Waals surface area contributed by atoms with Gasteiger partial charge in [-0.2, -0.15) is 0 Å². The Hall–Kier alpha value is -4.12. The highest BCUT2D eigenvalue weighted by Crippen LogP contribution is 2.66. The lowest BCUT2D eigenvalue weighted by atomic mass is 9.57. The van der Waals surface area contributed by atoms with Crippen molar-refractivity contribution in [3.05, 3.63) is 95.2 Å². The third-order valence-corrected chi connectivity index (χ3v) is 11.0. The van der Waals surface area contributed by atoms with E-state index < -0.39 is 69.5 Å². The monoisotopic (exact) mass is 650 g/mol. The number of allylic oxidation sites excluding steroid dienone is 2. The molecule has 0 spiro atoms. The summed E-state index contributed by atoms with van der Waals surface area (Å²) in [7, 11) is 0. The van der Waals surface area contributed by atoms with Crippen molar-refractivity contribution in [2.24, 2.45) is 17.8 Å². The molecule has 6 unspecified atom stereocenters. The lowest BCUT2D eigenvalue weighted by molar-refractivity contribution is -0.125. The van der Waals surface area contributed by atoms with Crippen LogP contribution in [0.2, 0.25) is 0 Å². The zero-order valence-electron chi connectivity index (χ0n) is 23.7. The minimum Gasteiger partial charge on any atom is -0.463 e. The fraction of sp³-hybridized carbons (Fsp3) is 0.303. The van der Waals surface area contributed by atoms with Crippen LogP contribution in [-0.4, -0.2) is 44.3 Å². The van der Waals surface area contributed by atoms with Gasteiger partial charge in [-0.05, 0) is 86.3 Å². The molecule has 12 heteroatoms. The molecular weight excluding hydrogens is 626 g/mol.